The minimum atomic E-state index is -4.95. The lowest BCUT2D eigenvalue weighted by atomic mass is 9.80. The van der Waals surface area contributed by atoms with Gasteiger partial charge in [0.25, 0.3) is 14.1 Å². The topological polar surface area (TPSA) is 146 Å². The third-order valence-electron chi connectivity index (χ3n) is 9.95. The minimum absolute atomic E-state index is 0.0303. The first-order valence-corrected chi connectivity index (χ1v) is 21.7. The number of rotatable bonds is 25. The summed E-state index contributed by atoms with van der Waals surface area (Å²) in [6, 6.07) is 28.2. The van der Waals surface area contributed by atoms with Crippen LogP contribution in [-0.4, -0.2) is 78.1 Å². The molecule has 3 aromatic carbocycles. The first-order chi connectivity index (χ1) is 29.7. The summed E-state index contributed by atoms with van der Waals surface area (Å²) < 4.78 is 73.6. The van der Waals surface area contributed by atoms with Crippen LogP contribution in [0.1, 0.15) is 76.5 Å². The fourth-order valence-electron chi connectivity index (χ4n) is 7.00. The Labute approximate surface area is 362 Å². The summed E-state index contributed by atoms with van der Waals surface area (Å²) in [6.45, 7) is 7.96. The molecule has 13 nitrogen and oxygen atoms in total. The SMILES string of the molecule is COc1ccc(C(OCC(Cn2ccc(=O)n(CCCCCCNC(=O)C(F)(F)F)c2=O)OP(OCCC#N)N(C(C)C)C(C)C)(c2ccccc2)c2ccc(OC)cc2)cc1. The van der Waals surface area contributed by atoms with E-state index in [0.717, 1.165) is 21.3 Å². The molecule has 0 saturated heterocycles. The number of carbonyl (C=O) groups excluding carboxylic acids is 1. The van der Waals surface area contributed by atoms with Crippen LogP contribution in [0, 0.1) is 11.3 Å². The molecule has 4 aromatic rings. The quantitative estimate of drug-likeness (QED) is 0.0396. The second kappa shape index (κ2) is 24.0. The third-order valence-corrected chi connectivity index (χ3v) is 12.1. The van der Waals surface area contributed by atoms with E-state index in [4.69, 9.17) is 23.3 Å². The number of hydrogen-bond acceptors (Lipinski definition) is 10. The van der Waals surface area contributed by atoms with E-state index in [9.17, 15) is 32.8 Å². The van der Waals surface area contributed by atoms with Gasteiger partial charge in [-0.3, -0.25) is 18.7 Å². The van der Waals surface area contributed by atoms with Crippen LogP contribution in [0.5, 0.6) is 11.5 Å². The number of benzene rings is 3. The Morgan fingerprint density at radius 3 is 1.92 bits per heavy atom. The molecule has 62 heavy (non-hydrogen) atoms. The van der Waals surface area contributed by atoms with Crippen molar-refractivity contribution in [1.82, 2.24) is 19.1 Å². The first-order valence-electron chi connectivity index (χ1n) is 20.5. The van der Waals surface area contributed by atoms with E-state index in [0.29, 0.717) is 37.2 Å². The molecule has 0 spiro atoms. The van der Waals surface area contributed by atoms with Crippen molar-refractivity contribution in [2.24, 2.45) is 0 Å². The van der Waals surface area contributed by atoms with E-state index >= 15 is 0 Å². The summed E-state index contributed by atoms with van der Waals surface area (Å²) in [5.41, 5.74) is 0.0395. The molecular formula is C45H57F3N5O8P. The van der Waals surface area contributed by atoms with Gasteiger partial charge < -0.3 is 28.6 Å². The van der Waals surface area contributed by atoms with Crippen molar-refractivity contribution in [3.05, 3.63) is 129 Å². The smallest absolute Gasteiger partial charge is 0.471 e. The van der Waals surface area contributed by atoms with E-state index in [1.807, 2.05) is 112 Å². The van der Waals surface area contributed by atoms with Crippen LogP contribution in [-0.2, 0) is 37.3 Å². The van der Waals surface area contributed by atoms with Crippen molar-refractivity contribution >= 4 is 14.4 Å². The molecule has 1 aromatic heterocycles. The maximum Gasteiger partial charge on any atom is 0.471 e. The molecular weight excluding hydrogens is 826 g/mol. The summed E-state index contributed by atoms with van der Waals surface area (Å²) in [5, 5.41) is 11.2. The molecule has 0 saturated carbocycles. The lowest BCUT2D eigenvalue weighted by Crippen LogP contribution is -2.43. The van der Waals surface area contributed by atoms with Crippen LogP contribution in [0.3, 0.4) is 0 Å². The molecule has 0 fully saturated rings. The van der Waals surface area contributed by atoms with Gasteiger partial charge in [-0.2, -0.15) is 18.4 Å². The van der Waals surface area contributed by atoms with Gasteiger partial charge in [-0.05, 0) is 81.5 Å². The van der Waals surface area contributed by atoms with Crippen LogP contribution in [0.2, 0.25) is 0 Å². The Morgan fingerprint density at radius 1 is 0.823 bits per heavy atom. The zero-order valence-corrected chi connectivity index (χ0v) is 37.0. The molecule has 0 aliphatic heterocycles. The molecule has 4 rings (SSSR count). The van der Waals surface area contributed by atoms with Gasteiger partial charge in [0.05, 0.1) is 46.5 Å². The van der Waals surface area contributed by atoms with E-state index in [-0.39, 0.29) is 51.4 Å². The number of nitrogens with zero attached hydrogens (tertiary/aromatic N) is 4. The van der Waals surface area contributed by atoms with Gasteiger partial charge in [0, 0.05) is 37.4 Å². The summed E-state index contributed by atoms with van der Waals surface area (Å²) in [5.74, 6) is -0.687. The number of alkyl halides is 3. The van der Waals surface area contributed by atoms with Crippen molar-refractivity contribution in [2.75, 3.05) is 34.0 Å². The van der Waals surface area contributed by atoms with Crippen LogP contribution >= 0.6 is 8.53 Å². The molecule has 0 aliphatic carbocycles. The van der Waals surface area contributed by atoms with Crippen molar-refractivity contribution < 1.29 is 41.2 Å². The number of methoxy groups -OCH3 is 2. The third kappa shape index (κ3) is 13.5. The van der Waals surface area contributed by atoms with Crippen molar-refractivity contribution in [2.45, 2.75) is 103 Å². The van der Waals surface area contributed by atoms with E-state index < -0.39 is 43.6 Å². The second-order valence-corrected chi connectivity index (χ2v) is 16.4. The predicted molar refractivity (Wildman–Crippen MR) is 231 cm³/mol. The maximum atomic E-state index is 14.1. The maximum absolute atomic E-state index is 14.1. The van der Waals surface area contributed by atoms with Crippen LogP contribution < -0.4 is 26.0 Å². The largest absolute Gasteiger partial charge is 0.497 e. The Balaban J connectivity index is 1.75. The molecule has 1 amide bonds. The Bertz CT molecular complexity index is 2090. The number of ether oxygens (including phenoxy) is 3. The van der Waals surface area contributed by atoms with E-state index in [2.05, 4.69) is 10.7 Å². The highest BCUT2D eigenvalue weighted by Crippen LogP contribution is 2.48. The molecule has 0 bridgehead atoms. The normalized spacial score (nSPS) is 13.0. The van der Waals surface area contributed by atoms with Crippen LogP contribution in [0.25, 0.3) is 0 Å². The molecule has 336 valence electrons. The summed E-state index contributed by atoms with van der Waals surface area (Å²) >= 11 is 0. The van der Waals surface area contributed by atoms with Gasteiger partial charge in [0.15, 0.2) is 0 Å². The zero-order valence-electron chi connectivity index (χ0n) is 36.1. The first kappa shape index (κ1) is 49.6. The summed E-state index contributed by atoms with van der Waals surface area (Å²) in [4.78, 5) is 38.2. The predicted octanol–water partition coefficient (Wildman–Crippen LogP) is 7.94. The number of amides is 1. The van der Waals surface area contributed by atoms with Gasteiger partial charge in [-0.25, -0.2) is 9.46 Å². The number of carbonyl (C=O) groups is 1. The Morgan fingerprint density at radius 2 is 1.39 bits per heavy atom. The van der Waals surface area contributed by atoms with Gasteiger partial charge in [0.1, 0.15) is 23.2 Å². The molecule has 0 aliphatic rings. The lowest BCUT2D eigenvalue weighted by molar-refractivity contribution is -0.173. The zero-order chi connectivity index (χ0) is 45.3. The average Bonchev–Trinajstić information content (AvgIpc) is 3.25. The average molecular weight is 884 g/mol. The number of halogens is 3. The fraction of sp³-hybridized carbons (Fsp3) is 0.467. The molecule has 1 heterocycles. The summed E-state index contributed by atoms with van der Waals surface area (Å²) in [6.07, 6.45) is -2.58. The van der Waals surface area contributed by atoms with Gasteiger partial charge in [-0.15, -0.1) is 0 Å². The Hall–Kier alpha value is -5.04. The number of aromatic nitrogens is 2. The fourth-order valence-corrected chi connectivity index (χ4v) is 8.69. The van der Waals surface area contributed by atoms with Gasteiger partial charge in [-0.1, -0.05) is 67.4 Å². The van der Waals surface area contributed by atoms with Gasteiger partial charge in [0.2, 0.25) is 0 Å². The number of nitrogens with one attached hydrogen (secondary N) is 1. The summed E-state index contributed by atoms with van der Waals surface area (Å²) in [7, 11) is 1.36. The highest BCUT2D eigenvalue weighted by Gasteiger charge is 2.40. The monoisotopic (exact) mass is 883 g/mol. The number of unbranched alkanes of at least 4 members (excludes halogenated alkanes) is 3. The molecule has 2 unspecified atom stereocenters. The van der Waals surface area contributed by atoms with Crippen molar-refractivity contribution in [1.29, 1.82) is 5.26 Å². The molecule has 2 atom stereocenters. The number of hydrogen-bond donors (Lipinski definition) is 1. The highest BCUT2D eigenvalue weighted by molar-refractivity contribution is 7.44. The van der Waals surface area contributed by atoms with Crippen molar-refractivity contribution in [3.63, 3.8) is 0 Å². The Kier molecular flexibility index (Phi) is 19.2. The second-order valence-electron chi connectivity index (χ2n) is 15.0. The number of nitriles is 1. The molecule has 1 N–H and O–H groups in total. The highest BCUT2D eigenvalue weighted by atomic mass is 31.2. The standard InChI is InChI=1S/C45H57F3N5O8P/c1-33(2)53(34(3)4)62(60-30-14-26-49)61-40(31-51-29-25-41(54)52(43(51)56)28-13-8-7-12-27-50-42(55)45(46,47)48)32-59-44(35-15-10-9-11-16-35,36-17-21-38(57-5)22-18-36)37-19-23-39(58-6)24-20-37/h9-11,15-25,29,33-34,40H,7-8,12-14,27-28,30-32H2,1-6H3,(H,50,55). The lowest BCUT2D eigenvalue weighted by Gasteiger charge is -2.39. The molecule has 17 heteroatoms. The molecule has 0 radical (unpaired) electrons. The van der Waals surface area contributed by atoms with Crippen LogP contribution in [0.15, 0.2) is 101 Å². The van der Waals surface area contributed by atoms with Crippen molar-refractivity contribution in [3.8, 4) is 17.6 Å². The van der Waals surface area contributed by atoms with Crippen LogP contribution in [0.4, 0.5) is 13.2 Å². The van der Waals surface area contributed by atoms with E-state index in [1.165, 1.54) is 16.8 Å². The van der Waals surface area contributed by atoms with Gasteiger partial charge >= 0.3 is 17.8 Å². The van der Waals surface area contributed by atoms with E-state index in [1.54, 1.807) is 14.2 Å². The minimum Gasteiger partial charge on any atom is -0.497 e.